The second kappa shape index (κ2) is 5.77. The molecule has 2 aromatic heterocycles. The molecule has 0 saturated heterocycles. The first-order valence-corrected chi connectivity index (χ1v) is 6.74. The molecule has 0 amide bonds. The molecule has 18 heavy (non-hydrogen) atoms. The molecule has 0 spiro atoms. The number of nitrogens with zero attached hydrogens (tertiary/aromatic N) is 2. The number of aromatic nitrogens is 3. The van der Waals surface area contributed by atoms with E-state index in [2.05, 4.69) is 32.5 Å². The standard InChI is InChI=1S/C12H14BrN3OS/c1-8(2)7-17-4-3-16-11-10(15-12(16)18)5-9(13)6-14-11/h5-6H,1,3-4,7H2,2H3,(H,15,18). The lowest BCUT2D eigenvalue weighted by molar-refractivity contribution is 0.148. The molecule has 0 aliphatic rings. The van der Waals surface area contributed by atoms with Crippen LogP contribution in [0.25, 0.3) is 11.2 Å². The lowest BCUT2D eigenvalue weighted by atomic mass is 10.4. The number of aromatic amines is 1. The van der Waals surface area contributed by atoms with Crippen LogP contribution in [0.2, 0.25) is 0 Å². The van der Waals surface area contributed by atoms with Crippen molar-refractivity contribution in [1.29, 1.82) is 0 Å². The normalized spacial score (nSPS) is 11.0. The number of halogens is 1. The zero-order valence-electron chi connectivity index (χ0n) is 10.1. The van der Waals surface area contributed by atoms with Crippen LogP contribution in [0.1, 0.15) is 6.92 Å². The van der Waals surface area contributed by atoms with Gasteiger partial charge in [-0.25, -0.2) is 4.98 Å². The lowest BCUT2D eigenvalue weighted by Gasteiger charge is -2.05. The fourth-order valence-electron chi connectivity index (χ4n) is 1.63. The Morgan fingerprint density at radius 3 is 3.17 bits per heavy atom. The molecule has 0 saturated carbocycles. The van der Waals surface area contributed by atoms with Gasteiger partial charge in [0.1, 0.15) is 0 Å². The first-order valence-electron chi connectivity index (χ1n) is 5.54. The van der Waals surface area contributed by atoms with Crippen molar-refractivity contribution >= 4 is 39.3 Å². The number of fused-ring (bicyclic) bond motifs is 1. The molecule has 0 fully saturated rings. The number of imidazole rings is 1. The second-order valence-electron chi connectivity index (χ2n) is 4.12. The maximum Gasteiger partial charge on any atom is 0.179 e. The van der Waals surface area contributed by atoms with Gasteiger partial charge in [0.05, 0.1) is 25.3 Å². The monoisotopic (exact) mass is 327 g/mol. The van der Waals surface area contributed by atoms with E-state index in [0.29, 0.717) is 24.5 Å². The minimum Gasteiger partial charge on any atom is -0.375 e. The number of hydrogen-bond donors (Lipinski definition) is 1. The summed E-state index contributed by atoms with van der Waals surface area (Å²) in [5.74, 6) is 0. The summed E-state index contributed by atoms with van der Waals surface area (Å²) >= 11 is 8.66. The SMILES string of the molecule is C=C(C)COCCn1c(=S)[nH]c2cc(Br)cnc21. The lowest BCUT2D eigenvalue weighted by Crippen LogP contribution is -2.07. The third-order valence-corrected chi connectivity index (χ3v) is 3.14. The van der Waals surface area contributed by atoms with Gasteiger partial charge in [0.2, 0.25) is 0 Å². The molecule has 1 N–H and O–H groups in total. The Morgan fingerprint density at radius 1 is 1.67 bits per heavy atom. The summed E-state index contributed by atoms with van der Waals surface area (Å²) in [4.78, 5) is 7.49. The summed E-state index contributed by atoms with van der Waals surface area (Å²) in [5, 5.41) is 0. The average Bonchev–Trinajstić information content (AvgIpc) is 2.59. The molecule has 6 heteroatoms. The van der Waals surface area contributed by atoms with Gasteiger partial charge >= 0.3 is 0 Å². The predicted octanol–water partition coefficient (Wildman–Crippen LogP) is 3.45. The molecule has 0 radical (unpaired) electrons. The van der Waals surface area contributed by atoms with Crippen molar-refractivity contribution in [1.82, 2.24) is 14.5 Å². The largest absolute Gasteiger partial charge is 0.375 e. The van der Waals surface area contributed by atoms with E-state index in [0.717, 1.165) is 21.2 Å². The molecular weight excluding hydrogens is 314 g/mol. The summed E-state index contributed by atoms with van der Waals surface area (Å²) in [6.07, 6.45) is 1.76. The van der Waals surface area contributed by atoms with E-state index in [1.165, 1.54) is 0 Å². The van der Waals surface area contributed by atoms with E-state index in [4.69, 9.17) is 17.0 Å². The minimum atomic E-state index is 0.578. The van der Waals surface area contributed by atoms with Gasteiger partial charge in [-0.2, -0.15) is 0 Å². The smallest absolute Gasteiger partial charge is 0.179 e. The number of rotatable bonds is 5. The van der Waals surface area contributed by atoms with E-state index in [1.807, 2.05) is 17.6 Å². The summed E-state index contributed by atoms with van der Waals surface area (Å²) in [7, 11) is 0. The third kappa shape index (κ3) is 3.07. The second-order valence-corrected chi connectivity index (χ2v) is 5.42. The summed E-state index contributed by atoms with van der Waals surface area (Å²) in [6, 6.07) is 1.96. The molecule has 0 aliphatic carbocycles. The highest BCUT2D eigenvalue weighted by molar-refractivity contribution is 9.10. The Hall–Kier alpha value is -0.980. The van der Waals surface area contributed by atoms with Crippen molar-refractivity contribution in [2.75, 3.05) is 13.2 Å². The van der Waals surface area contributed by atoms with Crippen molar-refractivity contribution in [3.05, 3.63) is 33.7 Å². The van der Waals surface area contributed by atoms with E-state index < -0.39 is 0 Å². The van der Waals surface area contributed by atoms with Crippen LogP contribution in [-0.2, 0) is 11.3 Å². The van der Waals surface area contributed by atoms with Crippen LogP contribution in [0.4, 0.5) is 0 Å². The molecule has 2 rings (SSSR count). The number of hydrogen-bond acceptors (Lipinski definition) is 3. The van der Waals surface area contributed by atoms with Crippen molar-refractivity contribution < 1.29 is 4.74 Å². The molecule has 2 aromatic rings. The molecule has 0 aromatic carbocycles. The first-order chi connectivity index (χ1) is 8.58. The predicted molar refractivity (Wildman–Crippen MR) is 78.3 cm³/mol. The summed E-state index contributed by atoms with van der Waals surface area (Å²) in [5.41, 5.74) is 2.79. The highest BCUT2D eigenvalue weighted by Gasteiger charge is 2.05. The summed E-state index contributed by atoms with van der Waals surface area (Å²) < 4.78 is 9.01. The molecule has 96 valence electrons. The van der Waals surface area contributed by atoms with Crippen molar-refractivity contribution in [3.8, 4) is 0 Å². The number of ether oxygens (including phenoxy) is 1. The Bertz CT molecular complexity index is 632. The van der Waals surface area contributed by atoms with E-state index in [1.54, 1.807) is 6.20 Å². The Morgan fingerprint density at radius 2 is 2.44 bits per heavy atom. The van der Waals surface area contributed by atoms with Crippen LogP contribution in [0, 0.1) is 4.77 Å². The van der Waals surface area contributed by atoms with Crippen LogP contribution < -0.4 is 0 Å². The minimum absolute atomic E-state index is 0.578. The van der Waals surface area contributed by atoms with Crippen LogP contribution in [-0.4, -0.2) is 27.7 Å². The highest BCUT2D eigenvalue weighted by atomic mass is 79.9. The van der Waals surface area contributed by atoms with Crippen LogP contribution >= 0.6 is 28.1 Å². The van der Waals surface area contributed by atoms with Gasteiger partial charge in [-0.15, -0.1) is 0 Å². The van der Waals surface area contributed by atoms with Gasteiger partial charge in [0, 0.05) is 10.7 Å². The Kier molecular flexibility index (Phi) is 4.31. The average molecular weight is 328 g/mol. The van der Waals surface area contributed by atoms with Crippen LogP contribution in [0.5, 0.6) is 0 Å². The molecule has 0 aliphatic heterocycles. The first kappa shape index (κ1) is 13.5. The molecular formula is C12H14BrN3OS. The van der Waals surface area contributed by atoms with Gasteiger partial charge in [0.25, 0.3) is 0 Å². The number of nitrogens with one attached hydrogen (secondary N) is 1. The Labute approximate surface area is 119 Å². The number of pyridine rings is 1. The van der Waals surface area contributed by atoms with Gasteiger partial charge in [0.15, 0.2) is 10.4 Å². The highest BCUT2D eigenvalue weighted by Crippen LogP contribution is 2.16. The van der Waals surface area contributed by atoms with Crippen molar-refractivity contribution in [2.45, 2.75) is 13.5 Å². The zero-order chi connectivity index (χ0) is 13.1. The molecule has 4 nitrogen and oxygen atoms in total. The molecule has 2 heterocycles. The zero-order valence-corrected chi connectivity index (χ0v) is 12.5. The fraction of sp³-hybridized carbons (Fsp3) is 0.333. The Balaban J connectivity index is 2.15. The van der Waals surface area contributed by atoms with E-state index >= 15 is 0 Å². The number of H-pyrrole nitrogens is 1. The molecule has 0 unspecified atom stereocenters. The van der Waals surface area contributed by atoms with Crippen molar-refractivity contribution in [2.24, 2.45) is 0 Å². The van der Waals surface area contributed by atoms with Gasteiger partial charge < -0.3 is 9.72 Å². The maximum atomic E-state index is 5.48. The van der Waals surface area contributed by atoms with Crippen LogP contribution in [0.15, 0.2) is 28.9 Å². The topological polar surface area (TPSA) is 42.8 Å². The summed E-state index contributed by atoms with van der Waals surface area (Å²) in [6.45, 7) is 7.58. The molecule has 0 atom stereocenters. The maximum absolute atomic E-state index is 5.48. The quantitative estimate of drug-likeness (QED) is 0.519. The third-order valence-electron chi connectivity index (χ3n) is 2.38. The van der Waals surface area contributed by atoms with E-state index in [-0.39, 0.29) is 0 Å². The van der Waals surface area contributed by atoms with Gasteiger partial charge in [-0.1, -0.05) is 12.2 Å². The van der Waals surface area contributed by atoms with Crippen molar-refractivity contribution in [3.63, 3.8) is 0 Å². The van der Waals surface area contributed by atoms with E-state index in [9.17, 15) is 0 Å². The van der Waals surface area contributed by atoms with Gasteiger partial charge in [-0.05, 0) is 41.1 Å². The van der Waals surface area contributed by atoms with Crippen LogP contribution in [0.3, 0.4) is 0 Å². The van der Waals surface area contributed by atoms with Gasteiger partial charge in [-0.3, -0.25) is 4.57 Å². The fourth-order valence-corrected chi connectivity index (χ4v) is 2.25. The molecule has 0 bridgehead atoms.